The van der Waals surface area contributed by atoms with Gasteiger partial charge in [0.1, 0.15) is 5.82 Å². The summed E-state index contributed by atoms with van der Waals surface area (Å²) in [6.45, 7) is 0. The van der Waals surface area contributed by atoms with E-state index < -0.39 is 6.04 Å². The number of nitrogens with zero attached hydrogens (tertiary/aromatic N) is 2. The number of carbonyl (C=O) groups excluding carboxylic acids is 1. The summed E-state index contributed by atoms with van der Waals surface area (Å²) >= 11 is 3.09. The second-order valence-electron chi connectivity index (χ2n) is 4.32. The van der Waals surface area contributed by atoms with Gasteiger partial charge in [-0.25, -0.2) is 4.39 Å². The second kappa shape index (κ2) is 5.63. The monoisotopic (exact) mass is 325 g/mol. The molecule has 4 nitrogen and oxygen atoms in total. The van der Waals surface area contributed by atoms with Crippen LogP contribution in [0.25, 0.3) is 0 Å². The van der Waals surface area contributed by atoms with Gasteiger partial charge < -0.3 is 5.73 Å². The average molecular weight is 326 g/mol. The van der Waals surface area contributed by atoms with Crippen LogP contribution in [0.4, 0.5) is 4.39 Å². The van der Waals surface area contributed by atoms with E-state index in [1.807, 2.05) is 0 Å². The van der Waals surface area contributed by atoms with Crippen molar-refractivity contribution in [3.63, 3.8) is 0 Å². The van der Waals surface area contributed by atoms with Crippen LogP contribution in [0.5, 0.6) is 0 Å². The zero-order valence-corrected chi connectivity index (χ0v) is 11.9. The van der Waals surface area contributed by atoms with Gasteiger partial charge >= 0.3 is 0 Å². The van der Waals surface area contributed by atoms with Gasteiger partial charge in [-0.05, 0) is 33.6 Å². The Hall–Kier alpha value is -1.53. The van der Waals surface area contributed by atoms with Crippen molar-refractivity contribution in [3.05, 3.63) is 52.0 Å². The van der Waals surface area contributed by atoms with Crippen molar-refractivity contribution in [1.29, 1.82) is 0 Å². The Morgan fingerprint density at radius 3 is 2.89 bits per heavy atom. The van der Waals surface area contributed by atoms with Gasteiger partial charge in [-0.1, -0.05) is 6.07 Å². The van der Waals surface area contributed by atoms with Gasteiger partial charge in [0.2, 0.25) is 0 Å². The van der Waals surface area contributed by atoms with Crippen LogP contribution in [0, 0.1) is 5.82 Å². The Bertz CT molecular complexity index is 612. The summed E-state index contributed by atoms with van der Waals surface area (Å²) in [6, 6.07) is 3.77. The molecular formula is C13H13BrFN3O. The summed E-state index contributed by atoms with van der Waals surface area (Å²) in [5.74, 6) is -0.487. The van der Waals surface area contributed by atoms with Crippen LogP contribution in [0.3, 0.4) is 0 Å². The molecule has 100 valence electrons. The van der Waals surface area contributed by atoms with Gasteiger partial charge in [-0.3, -0.25) is 9.48 Å². The van der Waals surface area contributed by atoms with Gasteiger partial charge in [-0.15, -0.1) is 0 Å². The Morgan fingerprint density at radius 2 is 2.32 bits per heavy atom. The summed E-state index contributed by atoms with van der Waals surface area (Å²) in [6.07, 6.45) is 3.45. The molecule has 2 N–H and O–H groups in total. The number of Topliss-reactive ketones (excluding diaryl/α,β-unsaturated/α-hetero) is 1. The van der Waals surface area contributed by atoms with E-state index in [0.29, 0.717) is 10.0 Å². The molecule has 6 heteroatoms. The molecular weight excluding hydrogens is 313 g/mol. The first-order valence-electron chi connectivity index (χ1n) is 5.68. The van der Waals surface area contributed by atoms with Crippen LogP contribution in [-0.2, 0) is 18.3 Å². The lowest BCUT2D eigenvalue weighted by Gasteiger charge is -2.08. The first-order chi connectivity index (χ1) is 8.97. The van der Waals surface area contributed by atoms with E-state index in [1.54, 1.807) is 36.3 Å². The molecule has 2 aromatic rings. The van der Waals surface area contributed by atoms with Crippen LogP contribution >= 0.6 is 15.9 Å². The quantitative estimate of drug-likeness (QED) is 0.936. The number of aryl methyl sites for hydroxylation is 1. The van der Waals surface area contributed by atoms with E-state index in [-0.39, 0.29) is 18.0 Å². The van der Waals surface area contributed by atoms with Crippen LogP contribution in [0.2, 0.25) is 0 Å². The highest BCUT2D eigenvalue weighted by atomic mass is 79.9. The minimum atomic E-state index is -0.711. The summed E-state index contributed by atoms with van der Waals surface area (Å²) in [5, 5.41) is 3.98. The number of carbonyl (C=O) groups is 1. The van der Waals surface area contributed by atoms with Gasteiger partial charge in [0, 0.05) is 25.2 Å². The molecule has 2 rings (SSSR count). The lowest BCUT2D eigenvalue weighted by Crippen LogP contribution is -2.22. The van der Waals surface area contributed by atoms with Crippen molar-refractivity contribution in [2.75, 3.05) is 0 Å². The van der Waals surface area contributed by atoms with Crippen molar-refractivity contribution in [3.8, 4) is 0 Å². The Labute approximate surface area is 118 Å². The van der Waals surface area contributed by atoms with E-state index in [4.69, 9.17) is 5.73 Å². The molecule has 1 aromatic carbocycles. The lowest BCUT2D eigenvalue weighted by atomic mass is 10.0. The zero-order valence-electron chi connectivity index (χ0n) is 10.3. The Balaban J connectivity index is 2.10. The summed E-state index contributed by atoms with van der Waals surface area (Å²) < 4.78 is 15.0. The molecule has 1 heterocycles. The van der Waals surface area contributed by atoms with Crippen LogP contribution < -0.4 is 5.73 Å². The molecule has 1 aromatic heterocycles. The Kier molecular flexibility index (Phi) is 4.11. The van der Waals surface area contributed by atoms with Crippen LogP contribution in [0.15, 0.2) is 35.1 Å². The van der Waals surface area contributed by atoms with E-state index in [0.717, 1.165) is 5.56 Å². The Morgan fingerprint density at radius 1 is 1.58 bits per heavy atom. The number of halogens is 2. The third kappa shape index (κ3) is 3.27. The highest BCUT2D eigenvalue weighted by Crippen LogP contribution is 2.19. The number of hydrogen-bond donors (Lipinski definition) is 1. The van der Waals surface area contributed by atoms with Gasteiger partial charge in [0.25, 0.3) is 0 Å². The SMILES string of the molecule is Cn1cc(C(N)C(=O)Cc2ccc(F)c(Br)c2)cn1. The molecule has 1 atom stereocenters. The van der Waals surface area contributed by atoms with E-state index in [9.17, 15) is 9.18 Å². The molecule has 0 saturated carbocycles. The smallest absolute Gasteiger partial charge is 0.158 e. The minimum absolute atomic E-state index is 0.133. The largest absolute Gasteiger partial charge is 0.318 e. The lowest BCUT2D eigenvalue weighted by molar-refractivity contribution is -0.119. The fourth-order valence-electron chi connectivity index (χ4n) is 1.75. The number of nitrogens with two attached hydrogens (primary N) is 1. The molecule has 0 amide bonds. The molecule has 1 unspecified atom stereocenters. The maximum absolute atomic E-state index is 13.1. The molecule has 0 aliphatic heterocycles. The highest BCUT2D eigenvalue weighted by molar-refractivity contribution is 9.10. The van der Waals surface area contributed by atoms with Crippen LogP contribution in [0.1, 0.15) is 17.2 Å². The molecule has 19 heavy (non-hydrogen) atoms. The number of rotatable bonds is 4. The first-order valence-corrected chi connectivity index (χ1v) is 6.47. The average Bonchev–Trinajstić information content (AvgIpc) is 2.79. The molecule has 0 bridgehead atoms. The van der Waals surface area contributed by atoms with Crippen molar-refractivity contribution < 1.29 is 9.18 Å². The fraction of sp³-hybridized carbons (Fsp3) is 0.231. The van der Waals surface area contributed by atoms with Crippen molar-refractivity contribution in [2.24, 2.45) is 12.8 Å². The van der Waals surface area contributed by atoms with Crippen molar-refractivity contribution >= 4 is 21.7 Å². The van der Waals surface area contributed by atoms with E-state index in [1.165, 1.54) is 6.07 Å². The number of aromatic nitrogens is 2. The van der Waals surface area contributed by atoms with Gasteiger partial charge in [0.05, 0.1) is 16.7 Å². The summed E-state index contributed by atoms with van der Waals surface area (Å²) in [7, 11) is 1.76. The van der Waals surface area contributed by atoms with Crippen molar-refractivity contribution in [2.45, 2.75) is 12.5 Å². The predicted molar refractivity (Wildman–Crippen MR) is 72.9 cm³/mol. The molecule has 0 radical (unpaired) electrons. The maximum Gasteiger partial charge on any atom is 0.158 e. The summed E-state index contributed by atoms with van der Waals surface area (Å²) in [4.78, 5) is 12.0. The molecule has 0 aliphatic rings. The maximum atomic E-state index is 13.1. The van der Waals surface area contributed by atoms with Gasteiger partial charge in [-0.2, -0.15) is 5.10 Å². The normalized spacial score (nSPS) is 12.4. The predicted octanol–water partition coefficient (Wildman–Crippen LogP) is 2.13. The molecule has 0 saturated heterocycles. The molecule has 0 spiro atoms. The topological polar surface area (TPSA) is 60.9 Å². The molecule has 0 aliphatic carbocycles. The van der Waals surface area contributed by atoms with E-state index in [2.05, 4.69) is 21.0 Å². The summed E-state index contributed by atoms with van der Waals surface area (Å²) in [5.41, 5.74) is 7.27. The zero-order chi connectivity index (χ0) is 14.0. The minimum Gasteiger partial charge on any atom is -0.318 e. The highest BCUT2D eigenvalue weighted by Gasteiger charge is 2.18. The van der Waals surface area contributed by atoms with E-state index >= 15 is 0 Å². The fourth-order valence-corrected chi connectivity index (χ4v) is 2.17. The third-order valence-corrected chi connectivity index (χ3v) is 3.40. The third-order valence-electron chi connectivity index (χ3n) is 2.79. The standard InChI is InChI=1S/C13H13BrFN3O/c1-18-7-9(6-17-18)13(16)12(19)5-8-2-3-11(15)10(14)4-8/h2-4,6-7,13H,5,16H2,1H3. The van der Waals surface area contributed by atoms with Crippen LogP contribution in [-0.4, -0.2) is 15.6 Å². The van der Waals surface area contributed by atoms with Gasteiger partial charge in [0.15, 0.2) is 5.78 Å². The number of ketones is 1. The first kappa shape index (κ1) is 13.9. The van der Waals surface area contributed by atoms with Crippen molar-refractivity contribution in [1.82, 2.24) is 9.78 Å². The second-order valence-corrected chi connectivity index (χ2v) is 5.17. The number of hydrogen-bond acceptors (Lipinski definition) is 3. The molecule has 0 fully saturated rings. The number of benzene rings is 1.